The molecule has 0 aliphatic heterocycles. The first-order valence-corrected chi connectivity index (χ1v) is 25.4. The van der Waals surface area contributed by atoms with Crippen molar-refractivity contribution in [1.82, 2.24) is 9.13 Å². The van der Waals surface area contributed by atoms with E-state index >= 15 is 0 Å². The van der Waals surface area contributed by atoms with Crippen molar-refractivity contribution in [3.63, 3.8) is 0 Å². The Morgan fingerprint density at radius 3 is 0.959 bits per heavy atom. The molecular weight excluding hydrogens is 897 g/mol. The van der Waals surface area contributed by atoms with Crippen LogP contribution < -0.4 is 0 Å². The van der Waals surface area contributed by atoms with E-state index in [0.29, 0.717) is 11.1 Å². The predicted molar refractivity (Wildman–Crippen MR) is 310 cm³/mol. The second-order valence-corrected chi connectivity index (χ2v) is 20.6. The van der Waals surface area contributed by atoms with Gasteiger partial charge >= 0.3 is 0 Å². The quantitative estimate of drug-likeness (QED) is 0.160. The van der Waals surface area contributed by atoms with E-state index in [1.165, 1.54) is 66.8 Å². The van der Waals surface area contributed by atoms with Gasteiger partial charge in [0.05, 0.1) is 56.7 Å². The number of nitriles is 2. The molecule has 0 aliphatic rings. The van der Waals surface area contributed by atoms with Gasteiger partial charge in [-0.2, -0.15) is 10.5 Å². The molecule has 0 saturated heterocycles. The molecule has 4 heteroatoms. The van der Waals surface area contributed by atoms with Gasteiger partial charge < -0.3 is 9.13 Å². The van der Waals surface area contributed by atoms with Gasteiger partial charge in [-0.3, -0.25) is 0 Å². The first-order valence-electron chi connectivity index (χ1n) is 25.4. The van der Waals surface area contributed by atoms with Crippen LogP contribution in [0.1, 0.15) is 55.6 Å². The van der Waals surface area contributed by atoms with Gasteiger partial charge in [-0.05, 0) is 201 Å². The molecule has 2 heterocycles. The van der Waals surface area contributed by atoms with Gasteiger partial charge in [0.15, 0.2) is 0 Å². The average molecular weight is 951 g/mol. The molecule has 0 saturated carbocycles. The molecule has 0 bridgehead atoms. The first-order chi connectivity index (χ1) is 35.8. The zero-order chi connectivity index (χ0) is 51.1. The van der Waals surface area contributed by atoms with Gasteiger partial charge in [0.25, 0.3) is 0 Å². The number of rotatable bonds is 7. The van der Waals surface area contributed by atoms with Crippen LogP contribution in [0.15, 0.2) is 182 Å². The molecule has 0 spiro atoms. The predicted octanol–water partition coefficient (Wildman–Crippen LogP) is 18.4. The van der Waals surface area contributed by atoms with Crippen LogP contribution >= 0.6 is 0 Å². The molecule has 0 N–H and O–H groups in total. The molecule has 0 amide bonds. The minimum Gasteiger partial charge on any atom is -0.307 e. The van der Waals surface area contributed by atoms with E-state index in [0.717, 1.165) is 88.4 Å². The maximum absolute atomic E-state index is 11.3. The Labute approximate surface area is 433 Å². The zero-order valence-corrected chi connectivity index (χ0v) is 43.1. The first kappa shape index (κ1) is 45.9. The lowest BCUT2D eigenvalue weighted by molar-refractivity contribution is 1.09. The van der Waals surface area contributed by atoms with Crippen LogP contribution in [0.25, 0.3) is 111 Å². The molecule has 0 radical (unpaired) electrons. The molecule has 0 unspecified atom stereocenters. The van der Waals surface area contributed by atoms with Gasteiger partial charge in [0.1, 0.15) is 0 Å². The summed E-state index contributed by atoms with van der Waals surface area (Å²) in [6, 6.07) is 71.1. The maximum atomic E-state index is 11.3. The van der Waals surface area contributed by atoms with Crippen molar-refractivity contribution in [1.29, 1.82) is 10.5 Å². The topological polar surface area (TPSA) is 57.4 Å². The van der Waals surface area contributed by atoms with Gasteiger partial charge in [-0.15, -0.1) is 0 Å². The molecule has 354 valence electrons. The monoisotopic (exact) mass is 950 g/mol. The fraction of sp³-hybridized carbons (Fsp3) is 0.114. The highest BCUT2D eigenvalue weighted by molar-refractivity contribution is 6.14. The molecule has 10 aromatic carbocycles. The molecule has 2 aromatic heterocycles. The van der Waals surface area contributed by atoms with Crippen molar-refractivity contribution in [2.24, 2.45) is 0 Å². The number of fused-ring (bicyclic) bond motifs is 6. The van der Waals surface area contributed by atoms with Crippen molar-refractivity contribution in [2.45, 2.75) is 55.4 Å². The SMILES string of the molecule is Cc1ccc(-c2ccc3c(c2)c2cc(-c4ccc(C)cc4C)ccc2n3-c2cc(C#N)c(-c3cccc(C#N)c3)cc2-n2c3ccc(-c4ccc(C)cc4C)cc3c3cc(-c4ccc(C)cc4C)ccc32)c(C)c1. The largest absolute Gasteiger partial charge is 0.307 e. The third-order valence-electron chi connectivity index (χ3n) is 15.3. The summed E-state index contributed by atoms with van der Waals surface area (Å²) in [7, 11) is 0. The fourth-order valence-electron chi connectivity index (χ4n) is 11.8. The lowest BCUT2D eigenvalue weighted by Gasteiger charge is -2.20. The van der Waals surface area contributed by atoms with E-state index in [2.05, 4.69) is 234 Å². The van der Waals surface area contributed by atoms with Crippen LogP contribution in [-0.2, 0) is 0 Å². The molecule has 12 rings (SSSR count). The van der Waals surface area contributed by atoms with Gasteiger partial charge in [-0.25, -0.2) is 0 Å². The van der Waals surface area contributed by atoms with E-state index in [4.69, 9.17) is 0 Å². The Morgan fingerprint density at radius 1 is 0.297 bits per heavy atom. The van der Waals surface area contributed by atoms with E-state index in [1.54, 1.807) is 0 Å². The normalized spacial score (nSPS) is 11.5. The summed E-state index contributed by atoms with van der Waals surface area (Å²) >= 11 is 0. The Morgan fingerprint density at radius 2 is 0.635 bits per heavy atom. The highest BCUT2D eigenvalue weighted by Crippen LogP contribution is 2.45. The van der Waals surface area contributed by atoms with E-state index in [9.17, 15) is 10.5 Å². The Balaban J connectivity index is 1.21. The van der Waals surface area contributed by atoms with Crippen LogP contribution in [0.4, 0.5) is 0 Å². The molecule has 4 nitrogen and oxygen atoms in total. The molecule has 12 aromatic rings. The molecule has 0 aliphatic carbocycles. The Bertz CT molecular complexity index is 4210. The minimum absolute atomic E-state index is 0.516. The lowest BCUT2D eigenvalue weighted by Crippen LogP contribution is -2.05. The molecule has 0 fully saturated rings. The van der Waals surface area contributed by atoms with Crippen LogP contribution in [-0.4, -0.2) is 9.13 Å². The number of hydrogen-bond donors (Lipinski definition) is 0. The summed E-state index contributed by atoms with van der Waals surface area (Å²) in [5.41, 5.74) is 27.8. The van der Waals surface area contributed by atoms with E-state index in [1.807, 2.05) is 24.3 Å². The highest BCUT2D eigenvalue weighted by Gasteiger charge is 2.24. The maximum Gasteiger partial charge on any atom is 0.0998 e. The minimum atomic E-state index is 0.516. The number of hydrogen-bond acceptors (Lipinski definition) is 2. The van der Waals surface area contributed by atoms with Crippen LogP contribution in [0, 0.1) is 78.1 Å². The summed E-state index contributed by atoms with van der Waals surface area (Å²) in [5, 5.41) is 25.9. The summed E-state index contributed by atoms with van der Waals surface area (Å²) in [5.74, 6) is 0. The molecule has 0 atom stereocenters. The third kappa shape index (κ3) is 7.67. The van der Waals surface area contributed by atoms with Crippen molar-refractivity contribution in [3.05, 3.63) is 238 Å². The van der Waals surface area contributed by atoms with Crippen molar-refractivity contribution < 1.29 is 0 Å². The Hall–Kier alpha value is -9.22. The second-order valence-electron chi connectivity index (χ2n) is 20.6. The fourth-order valence-corrected chi connectivity index (χ4v) is 11.8. The van der Waals surface area contributed by atoms with Gasteiger partial charge in [0, 0.05) is 27.1 Å². The summed E-state index contributed by atoms with van der Waals surface area (Å²) in [4.78, 5) is 0. The number of aryl methyl sites for hydroxylation is 8. The van der Waals surface area contributed by atoms with Crippen molar-refractivity contribution in [3.8, 4) is 79.1 Å². The van der Waals surface area contributed by atoms with E-state index in [-0.39, 0.29) is 0 Å². The summed E-state index contributed by atoms with van der Waals surface area (Å²) in [6.07, 6.45) is 0. The van der Waals surface area contributed by atoms with Gasteiger partial charge in [0.2, 0.25) is 0 Å². The van der Waals surface area contributed by atoms with E-state index < -0.39 is 0 Å². The number of nitrogens with zero attached hydrogens (tertiary/aromatic N) is 4. The van der Waals surface area contributed by atoms with Crippen LogP contribution in [0.5, 0.6) is 0 Å². The van der Waals surface area contributed by atoms with Gasteiger partial charge in [-0.1, -0.05) is 131 Å². The summed E-state index contributed by atoms with van der Waals surface area (Å²) < 4.78 is 4.78. The molecular formula is C70H54N4. The van der Waals surface area contributed by atoms with Crippen molar-refractivity contribution >= 4 is 43.6 Å². The number of benzene rings is 10. The third-order valence-corrected chi connectivity index (χ3v) is 15.3. The van der Waals surface area contributed by atoms with Crippen LogP contribution in [0.3, 0.4) is 0 Å². The van der Waals surface area contributed by atoms with Crippen LogP contribution in [0.2, 0.25) is 0 Å². The standard InChI is InChI=1S/C70H54N4/c1-41-12-20-56(45(5)28-41)51-16-24-65-61(33-51)62-34-52(57-21-13-42(2)29-46(57)6)17-25-66(62)73(65)69-37-55(40-72)60(50-11-9-10-49(32-50)39-71)38-70(69)74-67-26-18-53(58-22-14-43(3)30-47(58)7)35-63(67)64-36-54(19-27-68(64)74)59-23-15-44(4)31-48(59)8/h9-38H,1-8H3. The molecule has 74 heavy (non-hydrogen) atoms. The summed E-state index contributed by atoms with van der Waals surface area (Å²) in [6.45, 7) is 17.4. The zero-order valence-electron chi connectivity index (χ0n) is 43.1. The average Bonchev–Trinajstić information content (AvgIpc) is 3.93. The lowest BCUT2D eigenvalue weighted by atomic mass is 9.95. The number of aromatic nitrogens is 2. The second kappa shape index (κ2) is 17.8. The smallest absolute Gasteiger partial charge is 0.0998 e. The Kier molecular flexibility index (Phi) is 11.0. The van der Waals surface area contributed by atoms with Crippen molar-refractivity contribution in [2.75, 3.05) is 0 Å². The highest BCUT2D eigenvalue weighted by atomic mass is 15.1.